The number of hydrogen-bond donors (Lipinski definition) is 0. The lowest BCUT2D eigenvalue weighted by Crippen LogP contribution is -2.07. The van der Waals surface area contributed by atoms with Gasteiger partial charge in [0.1, 0.15) is 28.7 Å². The summed E-state index contributed by atoms with van der Waals surface area (Å²) in [5, 5.41) is 9.72. The molecule has 0 atom stereocenters. The van der Waals surface area contributed by atoms with Crippen LogP contribution >= 0.6 is 0 Å². The Morgan fingerprint density at radius 2 is 1.93 bits per heavy atom. The van der Waals surface area contributed by atoms with Crippen molar-refractivity contribution >= 4 is 27.9 Å². The van der Waals surface area contributed by atoms with Gasteiger partial charge >= 0.3 is 5.97 Å². The van der Waals surface area contributed by atoms with Crippen molar-refractivity contribution in [2.75, 3.05) is 13.2 Å². The van der Waals surface area contributed by atoms with Gasteiger partial charge in [0.15, 0.2) is 6.61 Å². The highest BCUT2D eigenvalue weighted by Crippen LogP contribution is 2.30. The number of carbonyl (C=O) groups excluding carboxylic acids is 1. The SMILES string of the molecule is CCOC(=O)c1cc2cc(-c3c(C)oc4cc(OCC#N)ccc4c3=O)ccc2o1. The van der Waals surface area contributed by atoms with Crippen molar-refractivity contribution in [1.29, 1.82) is 5.26 Å². The Morgan fingerprint density at radius 1 is 1.10 bits per heavy atom. The van der Waals surface area contributed by atoms with E-state index >= 15 is 0 Å². The first-order valence-corrected chi connectivity index (χ1v) is 9.30. The molecule has 0 radical (unpaired) electrons. The summed E-state index contributed by atoms with van der Waals surface area (Å²) >= 11 is 0. The van der Waals surface area contributed by atoms with Gasteiger partial charge in [-0.1, -0.05) is 6.07 Å². The summed E-state index contributed by atoms with van der Waals surface area (Å²) in [7, 11) is 0. The second-order valence-corrected chi connectivity index (χ2v) is 6.55. The van der Waals surface area contributed by atoms with Gasteiger partial charge in [-0.3, -0.25) is 4.79 Å². The number of fused-ring (bicyclic) bond motifs is 2. The van der Waals surface area contributed by atoms with E-state index in [0.717, 1.165) is 0 Å². The van der Waals surface area contributed by atoms with Gasteiger partial charge in [0.05, 0.1) is 17.6 Å². The zero-order valence-corrected chi connectivity index (χ0v) is 16.4. The van der Waals surface area contributed by atoms with E-state index < -0.39 is 5.97 Å². The fraction of sp³-hybridized carbons (Fsp3) is 0.174. The van der Waals surface area contributed by atoms with Crippen molar-refractivity contribution in [3.05, 3.63) is 64.2 Å². The first-order valence-electron chi connectivity index (χ1n) is 9.30. The molecule has 30 heavy (non-hydrogen) atoms. The molecule has 4 aromatic rings. The first-order chi connectivity index (χ1) is 14.5. The number of aryl methyl sites for hydroxylation is 1. The Morgan fingerprint density at radius 3 is 2.70 bits per heavy atom. The molecule has 0 saturated carbocycles. The van der Waals surface area contributed by atoms with Crippen LogP contribution in [0.2, 0.25) is 0 Å². The van der Waals surface area contributed by atoms with Gasteiger partial charge in [-0.05, 0) is 49.7 Å². The summed E-state index contributed by atoms with van der Waals surface area (Å²) in [6.45, 7) is 3.59. The summed E-state index contributed by atoms with van der Waals surface area (Å²) in [4.78, 5) is 25.1. The van der Waals surface area contributed by atoms with Crippen LogP contribution in [0.15, 0.2) is 56.1 Å². The summed E-state index contributed by atoms with van der Waals surface area (Å²) in [5.41, 5.74) is 1.79. The molecule has 7 heteroatoms. The van der Waals surface area contributed by atoms with Gasteiger partial charge in [-0.15, -0.1) is 0 Å². The van der Waals surface area contributed by atoms with Crippen LogP contribution < -0.4 is 10.2 Å². The van der Waals surface area contributed by atoms with Crippen LogP contribution in [0.1, 0.15) is 23.2 Å². The molecule has 0 unspecified atom stereocenters. The van der Waals surface area contributed by atoms with Crippen LogP contribution in [0.5, 0.6) is 5.75 Å². The van der Waals surface area contributed by atoms with Gasteiger partial charge in [0.25, 0.3) is 0 Å². The van der Waals surface area contributed by atoms with E-state index in [-0.39, 0.29) is 24.4 Å². The molecule has 0 aliphatic carbocycles. The van der Waals surface area contributed by atoms with Crippen molar-refractivity contribution in [1.82, 2.24) is 0 Å². The Bertz CT molecular complexity index is 1370. The maximum absolute atomic E-state index is 13.2. The molecule has 4 rings (SSSR count). The molecule has 0 N–H and O–H groups in total. The van der Waals surface area contributed by atoms with Crippen molar-refractivity contribution in [2.24, 2.45) is 0 Å². The molecule has 0 saturated heterocycles. The van der Waals surface area contributed by atoms with E-state index in [2.05, 4.69) is 0 Å². The van der Waals surface area contributed by atoms with Crippen molar-refractivity contribution in [3.8, 4) is 22.9 Å². The molecule has 7 nitrogen and oxygen atoms in total. The third-order valence-electron chi connectivity index (χ3n) is 4.62. The van der Waals surface area contributed by atoms with Crippen molar-refractivity contribution in [2.45, 2.75) is 13.8 Å². The lowest BCUT2D eigenvalue weighted by Gasteiger charge is -2.08. The number of carbonyl (C=O) groups is 1. The Hall–Kier alpha value is -4.05. The minimum atomic E-state index is -0.536. The van der Waals surface area contributed by atoms with Gasteiger partial charge in [-0.2, -0.15) is 5.26 Å². The second kappa shape index (κ2) is 7.76. The topological polar surface area (TPSA) is 103 Å². The minimum Gasteiger partial charge on any atom is -0.479 e. The van der Waals surface area contributed by atoms with Gasteiger partial charge in [0, 0.05) is 11.5 Å². The predicted molar refractivity (Wildman–Crippen MR) is 109 cm³/mol. The standard InChI is InChI=1S/C23H17NO6/c1-3-27-23(26)20-11-15-10-14(4-7-18(15)30-20)21-13(2)29-19-12-16(28-9-8-24)5-6-17(19)22(21)25/h4-7,10-12H,3,9H2,1-2H3. The molecule has 2 aromatic carbocycles. The predicted octanol–water partition coefficient (Wildman–Crippen LogP) is 4.59. The van der Waals surface area contributed by atoms with Crippen LogP contribution in [0.3, 0.4) is 0 Å². The third kappa shape index (κ3) is 3.40. The van der Waals surface area contributed by atoms with Crippen LogP contribution in [-0.4, -0.2) is 19.2 Å². The number of furan rings is 1. The Kier molecular flexibility index (Phi) is 4.98. The molecular weight excluding hydrogens is 386 g/mol. The van der Waals surface area contributed by atoms with Crippen molar-refractivity contribution < 1.29 is 23.1 Å². The largest absolute Gasteiger partial charge is 0.479 e. The molecule has 2 aromatic heterocycles. The summed E-state index contributed by atoms with van der Waals surface area (Å²) in [6, 6.07) is 13.5. The summed E-state index contributed by atoms with van der Waals surface area (Å²) in [5.74, 6) is 0.464. The number of esters is 1. The number of nitrogens with zero attached hydrogens (tertiary/aromatic N) is 1. The highest BCUT2D eigenvalue weighted by atomic mass is 16.5. The number of benzene rings is 2. The molecule has 0 spiro atoms. The molecule has 150 valence electrons. The van der Waals surface area contributed by atoms with Gasteiger partial charge in [0.2, 0.25) is 11.2 Å². The molecule has 2 heterocycles. The summed E-state index contributed by atoms with van der Waals surface area (Å²) < 4.78 is 21.7. The van der Waals surface area contributed by atoms with Crippen LogP contribution in [0.25, 0.3) is 33.1 Å². The number of nitriles is 1. The number of rotatable bonds is 5. The highest BCUT2D eigenvalue weighted by Gasteiger charge is 2.17. The third-order valence-corrected chi connectivity index (χ3v) is 4.62. The number of hydrogen-bond acceptors (Lipinski definition) is 7. The Labute approximate surface area is 171 Å². The van der Waals surface area contributed by atoms with E-state index in [1.165, 1.54) is 0 Å². The maximum atomic E-state index is 13.2. The average Bonchev–Trinajstić information content (AvgIpc) is 3.16. The lowest BCUT2D eigenvalue weighted by molar-refractivity contribution is 0.0492. The smallest absolute Gasteiger partial charge is 0.374 e. The zero-order valence-electron chi connectivity index (χ0n) is 16.4. The number of ether oxygens (including phenoxy) is 2. The van der Waals surface area contributed by atoms with Crippen LogP contribution in [0, 0.1) is 18.3 Å². The molecule has 0 bridgehead atoms. The molecular formula is C23H17NO6. The first kappa shape index (κ1) is 19.3. The lowest BCUT2D eigenvalue weighted by atomic mass is 10.0. The average molecular weight is 403 g/mol. The fourth-order valence-corrected chi connectivity index (χ4v) is 3.33. The highest BCUT2D eigenvalue weighted by molar-refractivity contribution is 5.94. The summed E-state index contributed by atoms with van der Waals surface area (Å²) in [6.07, 6.45) is 0. The van der Waals surface area contributed by atoms with E-state index in [0.29, 0.717) is 44.6 Å². The molecule has 0 fully saturated rings. The zero-order chi connectivity index (χ0) is 21.3. The van der Waals surface area contributed by atoms with Crippen molar-refractivity contribution in [3.63, 3.8) is 0 Å². The molecule has 0 aliphatic rings. The van der Waals surface area contributed by atoms with E-state index in [1.807, 2.05) is 6.07 Å². The minimum absolute atomic E-state index is 0.0920. The Balaban J connectivity index is 1.80. The molecule has 0 amide bonds. The van der Waals surface area contributed by atoms with Crippen LogP contribution in [-0.2, 0) is 4.74 Å². The monoisotopic (exact) mass is 403 g/mol. The quantitative estimate of drug-likeness (QED) is 0.449. The van der Waals surface area contributed by atoms with Gasteiger partial charge in [-0.25, -0.2) is 4.79 Å². The van der Waals surface area contributed by atoms with E-state index in [9.17, 15) is 9.59 Å². The molecule has 0 aliphatic heterocycles. The normalized spacial score (nSPS) is 10.8. The second-order valence-electron chi connectivity index (χ2n) is 6.55. The van der Waals surface area contributed by atoms with Crippen LogP contribution in [0.4, 0.5) is 0 Å². The van der Waals surface area contributed by atoms with E-state index in [1.54, 1.807) is 56.3 Å². The fourth-order valence-electron chi connectivity index (χ4n) is 3.33. The van der Waals surface area contributed by atoms with Gasteiger partial charge < -0.3 is 18.3 Å². The van der Waals surface area contributed by atoms with E-state index in [4.69, 9.17) is 23.6 Å². The maximum Gasteiger partial charge on any atom is 0.374 e.